The number of aromatic nitrogens is 2. The molecular weight excluding hydrogens is 254 g/mol. The maximum absolute atomic E-state index is 4.22. The van der Waals surface area contributed by atoms with Crippen molar-refractivity contribution in [2.75, 3.05) is 12.8 Å². The molecule has 2 aromatic rings. The summed E-state index contributed by atoms with van der Waals surface area (Å²) in [6, 6.07) is 9.13. The Labute approximate surface area is 119 Å². The molecule has 0 radical (unpaired) electrons. The number of benzene rings is 1. The number of aryl methyl sites for hydroxylation is 2. The molecule has 0 bridgehead atoms. The van der Waals surface area contributed by atoms with Crippen LogP contribution in [0, 0.1) is 6.92 Å². The van der Waals surface area contributed by atoms with Gasteiger partial charge in [0.25, 0.3) is 0 Å². The summed E-state index contributed by atoms with van der Waals surface area (Å²) in [5, 5.41) is 7.60. The van der Waals surface area contributed by atoms with E-state index < -0.39 is 0 Å². The van der Waals surface area contributed by atoms with Crippen molar-refractivity contribution in [3.8, 4) is 0 Å². The van der Waals surface area contributed by atoms with Crippen molar-refractivity contribution in [3.63, 3.8) is 0 Å². The van der Waals surface area contributed by atoms with Crippen LogP contribution in [-0.4, -0.2) is 28.6 Å². The average Bonchev–Trinajstić information content (AvgIpc) is 2.80. The molecule has 4 heteroatoms. The fourth-order valence-electron chi connectivity index (χ4n) is 2.01. The van der Waals surface area contributed by atoms with E-state index >= 15 is 0 Å². The number of nitrogens with zero attached hydrogens (tertiary/aromatic N) is 2. The Hall–Kier alpha value is -1.26. The van der Waals surface area contributed by atoms with E-state index in [0.717, 1.165) is 12.2 Å². The topological polar surface area (TPSA) is 29.9 Å². The van der Waals surface area contributed by atoms with Crippen molar-refractivity contribution < 1.29 is 0 Å². The standard InChI is InChI=1S/C15H21N3S/c1-12-5-4-6-15(7-12)19-11-14(16-2)8-13-9-17-18(3)10-13/h4-7,9-10,14,16H,8,11H2,1-3H3. The zero-order valence-corrected chi connectivity index (χ0v) is 12.6. The average molecular weight is 275 g/mol. The molecule has 102 valence electrons. The van der Waals surface area contributed by atoms with Crippen molar-refractivity contribution >= 4 is 11.8 Å². The number of hydrogen-bond donors (Lipinski definition) is 1. The zero-order valence-electron chi connectivity index (χ0n) is 11.8. The Morgan fingerprint density at radius 3 is 2.89 bits per heavy atom. The van der Waals surface area contributed by atoms with Gasteiger partial charge in [-0.3, -0.25) is 4.68 Å². The minimum atomic E-state index is 0.467. The number of thioether (sulfide) groups is 1. The van der Waals surface area contributed by atoms with E-state index in [9.17, 15) is 0 Å². The van der Waals surface area contributed by atoms with Crippen LogP contribution in [0.25, 0.3) is 0 Å². The second-order valence-corrected chi connectivity index (χ2v) is 5.93. The summed E-state index contributed by atoms with van der Waals surface area (Å²) in [6.07, 6.45) is 5.05. The van der Waals surface area contributed by atoms with Crippen LogP contribution < -0.4 is 5.32 Å². The molecule has 0 aliphatic rings. The van der Waals surface area contributed by atoms with Gasteiger partial charge in [-0.25, -0.2) is 0 Å². The summed E-state index contributed by atoms with van der Waals surface area (Å²) < 4.78 is 1.86. The van der Waals surface area contributed by atoms with Gasteiger partial charge >= 0.3 is 0 Å². The van der Waals surface area contributed by atoms with E-state index in [0.29, 0.717) is 6.04 Å². The maximum atomic E-state index is 4.22. The van der Waals surface area contributed by atoms with Crippen LogP contribution in [0.4, 0.5) is 0 Å². The van der Waals surface area contributed by atoms with E-state index in [2.05, 4.69) is 47.8 Å². The highest BCUT2D eigenvalue weighted by molar-refractivity contribution is 7.99. The molecule has 0 fully saturated rings. The maximum Gasteiger partial charge on any atom is 0.0522 e. The Bertz CT molecular complexity index is 522. The molecule has 19 heavy (non-hydrogen) atoms. The minimum absolute atomic E-state index is 0.467. The fourth-order valence-corrected chi connectivity index (χ4v) is 3.13. The lowest BCUT2D eigenvalue weighted by Crippen LogP contribution is -2.29. The van der Waals surface area contributed by atoms with Gasteiger partial charge in [0.2, 0.25) is 0 Å². The van der Waals surface area contributed by atoms with Gasteiger partial charge in [0.15, 0.2) is 0 Å². The minimum Gasteiger partial charge on any atom is -0.316 e. The van der Waals surface area contributed by atoms with Gasteiger partial charge in [0, 0.05) is 29.9 Å². The molecule has 2 rings (SSSR count). The van der Waals surface area contributed by atoms with Gasteiger partial charge in [0.1, 0.15) is 0 Å². The molecule has 0 saturated carbocycles. The van der Waals surface area contributed by atoms with E-state index in [-0.39, 0.29) is 0 Å². The van der Waals surface area contributed by atoms with Gasteiger partial charge in [-0.2, -0.15) is 5.10 Å². The molecule has 0 spiro atoms. The first-order chi connectivity index (χ1) is 9.17. The van der Waals surface area contributed by atoms with Crippen LogP contribution in [0.3, 0.4) is 0 Å². The van der Waals surface area contributed by atoms with Crippen LogP contribution >= 0.6 is 11.8 Å². The molecule has 1 aromatic carbocycles. The third-order valence-corrected chi connectivity index (χ3v) is 4.25. The summed E-state index contributed by atoms with van der Waals surface area (Å²) in [5.41, 5.74) is 2.60. The van der Waals surface area contributed by atoms with Crippen LogP contribution in [0.15, 0.2) is 41.6 Å². The van der Waals surface area contributed by atoms with E-state index in [1.165, 1.54) is 16.0 Å². The van der Waals surface area contributed by atoms with Gasteiger partial charge < -0.3 is 5.32 Å². The Kier molecular flexibility index (Phi) is 5.05. The molecule has 1 atom stereocenters. The molecule has 1 N–H and O–H groups in total. The smallest absolute Gasteiger partial charge is 0.0522 e. The molecule has 3 nitrogen and oxygen atoms in total. The van der Waals surface area contributed by atoms with E-state index in [1.54, 1.807) is 0 Å². The second kappa shape index (κ2) is 6.78. The number of nitrogens with one attached hydrogen (secondary N) is 1. The summed E-state index contributed by atoms with van der Waals surface area (Å²) >= 11 is 1.90. The quantitative estimate of drug-likeness (QED) is 0.822. The Morgan fingerprint density at radius 2 is 2.26 bits per heavy atom. The Morgan fingerprint density at radius 1 is 1.42 bits per heavy atom. The fraction of sp³-hybridized carbons (Fsp3) is 0.400. The van der Waals surface area contributed by atoms with E-state index in [1.807, 2.05) is 36.7 Å². The van der Waals surface area contributed by atoms with Crippen molar-refractivity contribution in [2.45, 2.75) is 24.3 Å². The predicted octanol–water partition coefficient (Wildman–Crippen LogP) is 2.65. The third kappa shape index (κ3) is 4.40. The van der Waals surface area contributed by atoms with Gasteiger partial charge in [-0.15, -0.1) is 11.8 Å². The van der Waals surface area contributed by atoms with Crippen molar-refractivity contribution in [1.29, 1.82) is 0 Å². The first kappa shape index (κ1) is 14.2. The first-order valence-corrected chi connectivity index (χ1v) is 7.50. The van der Waals surface area contributed by atoms with Crippen LogP contribution in [-0.2, 0) is 13.5 Å². The first-order valence-electron chi connectivity index (χ1n) is 6.51. The summed E-state index contributed by atoms with van der Waals surface area (Å²) in [4.78, 5) is 1.34. The molecule has 0 saturated heterocycles. The van der Waals surface area contributed by atoms with Gasteiger partial charge in [0.05, 0.1) is 6.20 Å². The Balaban J connectivity index is 1.89. The predicted molar refractivity (Wildman–Crippen MR) is 81.7 cm³/mol. The molecule has 1 unspecified atom stereocenters. The summed E-state index contributed by atoms with van der Waals surface area (Å²) in [5.74, 6) is 1.06. The molecule has 0 aliphatic heterocycles. The molecule has 0 aliphatic carbocycles. The van der Waals surface area contributed by atoms with Crippen molar-refractivity contribution in [3.05, 3.63) is 47.8 Å². The number of likely N-dealkylation sites (N-methyl/N-ethyl adjacent to an activating group) is 1. The third-order valence-electron chi connectivity index (χ3n) is 3.09. The lowest BCUT2D eigenvalue weighted by atomic mass is 10.1. The summed E-state index contributed by atoms with van der Waals surface area (Å²) in [6.45, 7) is 2.13. The normalized spacial score (nSPS) is 12.6. The molecular formula is C15H21N3S. The SMILES string of the molecule is CNC(CSc1cccc(C)c1)Cc1cnn(C)c1. The highest BCUT2D eigenvalue weighted by Gasteiger charge is 2.09. The monoisotopic (exact) mass is 275 g/mol. The molecule has 1 aromatic heterocycles. The second-order valence-electron chi connectivity index (χ2n) is 4.84. The lowest BCUT2D eigenvalue weighted by Gasteiger charge is -2.15. The van der Waals surface area contributed by atoms with Crippen LogP contribution in [0.1, 0.15) is 11.1 Å². The number of rotatable bonds is 6. The highest BCUT2D eigenvalue weighted by atomic mass is 32.2. The number of hydrogen-bond acceptors (Lipinski definition) is 3. The van der Waals surface area contributed by atoms with Crippen LogP contribution in [0.5, 0.6) is 0 Å². The van der Waals surface area contributed by atoms with E-state index in [4.69, 9.17) is 0 Å². The van der Waals surface area contributed by atoms with Crippen molar-refractivity contribution in [1.82, 2.24) is 15.1 Å². The summed E-state index contributed by atoms with van der Waals surface area (Å²) in [7, 11) is 3.98. The highest BCUT2D eigenvalue weighted by Crippen LogP contribution is 2.20. The van der Waals surface area contributed by atoms with Crippen molar-refractivity contribution in [2.24, 2.45) is 7.05 Å². The lowest BCUT2D eigenvalue weighted by molar-refractivity contribution is 0.616. The molecule has 1 heterocycles. The molecule has 0 amide bonds. The van der Waals surface area contributed by atoms with Gasteiger partial charge in [-0.05, 0) is 38.1 Å². The zero-order chi connectivity index (χ0) is 13.7. The largest absolute Gasteiger partial charge is 0.316 e. The van der Waals surface area contributed by atoms with Gasteiger partial charge in [-0.1, -0.05) is 17.7 Å². The van der Waals surface area contributed by atoms with Crippen LogP contribution in [0.2, 0.25) is 0 Å².